The molecule has 90 valence electrons. The Kier molecular flexibility index (Phi) is 2.80. The van der Waals surface area contributed by atoms with Crippen molar-refractivity contribution >= 4 is 0 Å². The van der Waals surface area contributed by atoms with E-state index in [-0.39, 0.29) is 0 Å². The van der Waals surface area contributed by atoms with Crippen molar-refractivity contribution in [1.29, 1.82) is 0 Å². The summed E-state index contributed by atoms with van der Waals surface area (Å²) >= 11 is 0. The maximum absolute atomic E-state index is 4.39. The van der Waals surface area contributed by atoms with Crippen LogP contribution in [0.25, 0.3) is 0 Å². The zero-order chi connectivity index (χ0) is 12.0. The molecule has 2 unspecified atom stereocenters. The number of hydrogen-bond donors (Lipinski definition) is 0. The molecule has 0 aromatic rings. The SMILES string of the molecule is C=C1CCCC2(C)CCC(=C(C)C)CC12C. The summed E-state index contributed by atoms with van der Waals surface area (Å²) in [5, 5.41) is 0. The topological polar surface area (TPSA) is 0 Å². The molecule has 0 radical (unpaired) electrons. The van der Waals surface area contributed by atoms with Gasteiger partial charge >= 0.3 is 0 Å². The number of fused-ring (bicyclic) bond motifs is 1. The first kappa shape index (κ1) is 12.0. The van der Waals surface area contributed by atoms with Crippen LogP contribution in [0.4, 0.5) is 0 Å². The third kappa shape index (κ3) is 1.58. The van der Waals surface area contributed by atoms with Crippen molar-refractivity contribution in [3.05, 3.63) is 23.3 Å². The smallest absolute Gasteiger partial charge is 0.00280 e. The molecule has 0 spiro atoms. The van der Waals surface area contributed by atoms with Gasteiger partial charge in [-0.3, -0.25) is 0 Å². The predicted molar refractivity (Wildman–Crippen MR) is 71.4 cm³/mol. The first-order valence-electron chi connectivity index (χ1n) is 6.72. The van der Waals surface area contributed by atoms with Crippen molar-refractivity contribution < 1.29 is 0 Å². The van der Waals surface area contributed by atoms with Gasteiger partial charge in [0.15, 0.2) is 0 Å². The van der Waals surface area contributed by atoms with E-state index in [2.05, 4.69) is 34.3 Å². The van der Waals surface area contributed by atoms with Gasteiger partial charge in [0, 0.05) is 0 Å². The Bertz CT molecular complexity index is 343. The molecule has 0 aromatic heterocycles. The molecule has 2 rings (SSSR count). The molecule has 0 aliphatic heterocycles. The highest BCUT2D eigenvalue weighted by Crippen LogP contribution is 2.61. The summed E-state index contributed by atoms with van der Waals surface area (Å²) in [6.45, 7) is 13.9. The minimum atomic E-state index is 0.371. The van der Waals surface area contributed by atoms with E-state index >= 15 is 0 Å². The number of allylic oxidation sites excluding steroid dienone is 3. The summed E-state index contributed by atoms with van der Waals surface area (Å²) in [6, 6.07) is 0. The summed E-state index contributed by atoms with van der Waals surface area (Å²) in [5.41, 5.74) is 5.64. The molecule has 0 saturated heterocycles. The molecule has 0 nitrogen and oxygen atoms in total. The van der Waals surface area contributed by atoms with Crippen molar-refractivity contribution in [2.75, 3.05) is 0 Å². The van der Waals surface area contributed by atoms with E-state index in [9.17, 15) is 0 Å². The monoisotopic (exact) mass is 218 g/mol. The van der Waals surface area contributed by atoms with Gasteiger partial charge in [0.05, 0.1) is 0 Å². The Morgan fingerprint density at radius 2 is 1.81 bits per heavy atom. The lowest BCUT2D eigenvalue weighted by atomic mass is 9.49. The van der Waals surface area contributed by atoms with Crippen LogP contribution >= 0.6 is 0 Å². The predicted octanol–water partition coefficient (Wildman–Crippen LogP) is 5.26. The second-order valence-corrected chi connectivity index (χ2v) is 6.63. The van der Waals surface area contributed by atoms with E-state index in [0.29, 0.717) is 10.8 Å². The molecule has 2 aliphatic carbocycles. The van der Waals surface area contributed by atoms with Crippen molar-refractivity contribution in [2.45, 2.75) is 66.2 Å². The van der Waals surface area contributed by atoms with E-state index in [4.69, 9.17) is 0 Å². The Labute approximate surface area is 101 Å². The molecule has 0 aromatic carbocycles. The van der Waals surface area contributed by atoms with E-state index < -0.39 is 0 Å². The molecule has 0 bridgehead atoms. The molecule has 0 heteroatoms. The lowest BCUT2D eigenvalue weighted by molar-refractivity contribution is 0.0382. The van der Waals surface area contributed by atoms with Gasteiger partial charge in [-0.2, -0.15) is 0 Å². The third-order valence-electron chi connectivity index (χ3n) is 5.57. The highest BCUT2D eigenvalue weighted by Gasteiger charge is 2.50. The van der Waals surface area contributed by atoms with Crippen molar-refractivity contribution in [1.82, 2.24) is 0 Å². The minimum absolute atomic E-state index is 0.371. The fourth-order valence-corrected chi connectivity index (χ4v) is 3.78. The molecular formula is C16H26. The molecule has 2 saturated carbocycles. The standard InChI is InChI=1S/C16H26/c1-12(2)14-8-10-15(4)9-6-7-13(3)16(15,5)11-14/h3,6-11H2,1-2,4-5H3. The molecule has 0 N–H and O–H groups in total. The second kappa shape index (κ2) is 3.75. The number of hydrogen-bond acceptors (Lipinski definition) is 0. The summed E-state index contributed by atoms with van der Waals surface area (Å²) in [7, 11) is 0. The second-order valence-electron chi connectivity index (χ2n) is 6.63. The van der Waals surface area contributed by atoms with Gasteiger partial charge < -0.3 is 0 Å². The lowest BCUT2D eigenvalue weighted by Gasteiger charge is -2.55. The quantitative estimate of drug-likeness (QED) is 0.486. The van der Waals surface area contributed by atoms with Crippen molar-refractivity contribution in [3.63, 3.8) is 0 Å². The van der Waals surface area contributed by atoms with Gasteiger partial charge in [0.2, 0.25) is 0 Å². The summed E-state index contributed by atoms with van der Waals surface area (Å²) < 4.78 is 0. The van der Waals surface area contributed by atoms with Gasteiger partial charge in [-0.25, -0.2) is 0 Å². The first-order chi connectivity index (χ1) is 7.39. The largest absolute Gasteiger partial charge is 0.0993 e. The Morgan fingerprint density at radius 1 is 1.12 bits per heavy atom. The van der Waals surface area contributed by atoms with Crippen LogP contribution in [0.3, 0.4) is 0 Å². The Balaban J connectivity index is 2.37. The van der Waals surface area contributed by atoms with E-state index in [1.54, 1.807) is 11.1 Å². The molecular weight excluding hydrogens is 192 g/mol. The van der Waals surface area contributed by atoms with E-state index in [0.717, 1.165) is 0 Å². The average molecular weight is 218 g/mol. The van der Waals surface area contributed by atoms with Crippen LogP contribution in [-0.2, 0) is 0 Å². The van der Waals surface area contributed by atoms with Crippen LogP contribution in [0.5, 0.6) is 0 Å². The van der Waals surface area contributed by atoms with Crippen molar-refractivity contribution in [2.24, 2.45) is 10.8 Å². The lowest BCUT2D eigenvalue weighted by Crippen LogP contribution is -2.45. The molecule has 2 atom stereocenters. The van der Waals surface area contributed by atoms with Gasteiger partial charge in [0.25, 0.3) is 0 Å². The third-order valence-corrected chi connectivity index (χ3v) is 5.57. The summed E-state index contributed by atoms with van der Waals surface area (Å²) in [6.07, 6.45) is 7.96. The fourth-order valence-electron chi connectivity index (χ4n) is 3.78. The molecule has 2 fully saturated rings. The van der Waals surface area contributed by atoms with Crippen LogP contribution in [0.2, 0.25) is 0 Å². The number of rotatable bonds is 0. The molecule has 0 heterocycles. The van der Waals surface area contributed by atoms with Gasteiger partial charge in [-0.05, 0) is 63.2 Å². The minimum Gasteiger partial charge on any atom is -0.0993 e. The van der Waals surface area contributed by atoms with Gasteiger partial charge in [-0.1, -0.05) is 37.1 Å². The summed E-state index contributed by atoms with van der Waals surface area (Å²) in [5.74, 6) is 0. The summed E-state index contributed by atoms with van der Waals surface area (Å²) in [4.78, 5) is 0. The maximum Gasteiger partial charge on any atom is -0.00280 e. The molecule has 16 heavy (non-hydrogen) atoms. The van der Waals surface area contributed by atoms with Crippen LogP contribution in [-0.4, -0.2) is 0 Å². The normalized spacial score (nSPS) is 39.5. The van der Waals surface area contributed by atoms with E-state index in [1.807, 2.05) is 0 Å². The van der Waals surface area contributed by atoms with Crippen LogP contribution in [0, 0.1) is 10.8 Å². The zero-order valence-corrected chi connectivity index (χ0v) is 11.4. The van der Waals surface area contributed by atoms with Crippen LogP contribution in [0.1, 0.15) is 66.2 Å². The van der Waals surface area contributed by atoms with E-state index in [1.165, 1.54) is 44.1 Å². The van der Waals surface area contributed by atoms with Gasteiger partial charge in [0.1, 0.15) is 0 Å². The highest BCUT2D eigenvalue weighted by molar-refractivity contribution is 5.27. The van der Waals surface area contributed by atoms with Crippen LogP contribution in [0.15, 0.2) is 23.3 Å². The maximum atomic E-state index is 4.39. The fraction of sp³-hybridized carbons (Fsp3) is 0.750. The Morgan fingerprint density at radius 3 is 2.44 bits per heavy atom. The average Bonchev–Trinajstić information content (AvgIpc) is 2.20. The van der Waals surface area contributed by atoms with Crippen molar-refractivity contribution in [3.8, 4) is 0 Å². The zero-order valence-electron chi connectivity index (χ0n) is 11.4. The molecule has 0 amide bonds. The first-order valence-corrected chi connectivity index (χ1v) is 6.72. The highest BCUT2D eigenvalue weighted by atomic mass is 14.5. The Hall–Kier alpha value is -0.520. The van der Waals surface area contributed by atoms with Gasteiger partial charge in [-0.15, -0.1) is 0 Å². The molecule has 2 aliphatic rings. The van der Waals surface area contributed by atoms with Crippen LogP contribution < -0.4 is 0 Å².